The predicted octanol–water partition coefficient (Wildman–Crippen LogP) is 5.12. The van der Waals surface area contributed by atoms with E-state index in [1.807, 2.05) is 57.2 Å². The van der Waals surface area contributed by atoms with Gasteiger partial charge in [-0.25, -0.2) is 9.67 Å². The van der Waals surface area contributed by atoms with Crippen molar-refractivity contribution in [3.8, 4) is 22.8 Å². The van der Waals surface area contributed by atoms with Gasteiger partial charge < -0.3 is 10.1 Å². The lowest BCUT2D eigenvalue weighted by molar-refractivity contribution is 0.101. The van der Waals surface area contributed by atoms with Gasteiger partial charge in [-0.1, -0.05) is 47.5 Å². The van der Waals surface area contributed by atoms with Crippen LogP contribution >= 0.6 is 0 Å². The predicted molar refractivity (Wildman–Crippen MR) is 122 cm³/mol. The maximum Gasteiger partial charge on any atom is 0.295 e. The number of ether oxygens (including phenoxy) is 1. The van der Waals surface area contributed by atoms with Crippen LogP contribution in [-0.2, 0) is 0 Å². The topological polar surface area (TPSA) is 69.0 Å². The van der Waals surface area contributed by atoms with Gasteiger partial charge in [0.1, 0.15) is 5.75 Å². The van der Waals surface area contributed by atoms with Crippen LogP contribution in [0.4, 0.5) is 5.69 Å². The first-order chi connectivity index (χ1) is 14.9. The molecule has 0 aliphatic heterocycles. The fourth-order valence-corrected chi connectivity index (χ4v) is 3.37. The van der Waals surface area contributed by atoms with E-state index in [0.717, 1.165) is 33.7 Å². The second-order valence-electron chi connectivity index (χ2n) is 7.51. The third kappa shape index (κ3) is 4.33. The highest BCUT2D eigenvalue weighted by molar-refractivity contribution is 6.01. The lowest BCUT2D eigenvalue weighted by atomic mass is 10.1. The van der Waals surface area contributed by atoms with Crippen molar-refractivity contribution >= 4 is 11.6 Å². The molecule has 1 heterocycles. The molecule has 6 heteroatoms. The Morgan fingerprint density at radius 3 is 2.23 bits per heavy atom. The molecule has 6 nitrogen and oxygen atoms in total. The van der Waals surface area contributed by atoms with Gasteiger partial charge in [0.25, 0.3) is 5.91 Å². The van der Waals surface area contributed by atoms with Crippen molar-refractivity contribution in [2.24, 2.45) is 0 Å². The average molecular weight is 412 g/mol. The standard InChI is InChI=1S/C25H24N4O2/c1-16-5-8-19(9-6-16)24-27-23(25(30)26-20-10-12-21(31-4)13-11-20)28-29(24)22-14-7-17(2)15-18(22)3/h5-15H,1-4H3,(H,26,30). The summed E-state index contributed by atoms with van der Waals surface area (Å²) in [5, 5.41) is 7.42. The summed E-state index contributed by atoms with van der Waals surface area (Å²) in [4.78, 5) is 17.5. The Hall–Kier alpha value is -3.93. The SMILES string of the molecule is COc1ccc(NC(=O)c2nc(-c3ccc(C)cc3)n(-c3ccc(C)cc3C)n2)cc1. The van der Waals surface area contributed by atoms with E-state index >= 15 is 0 Å². The van der Waals surface area contributed by atoms with Crippen LogP contribution in [0.2, 0.25) is 0 Å². The molecule has 0 unspecified atom stereocenters. The molecule has 4 aromatic rings. The van der Waals surface area contributed by atoms with Crippen LogP contribution in [0.15, 0.2) is 66.7 Å². The highest BCUT2D eigenvalue weighted by Gasteiger charge is 2.20. The van der Waals surface area contributed by atoms with Gasteiger partial charge in [0.05, 0.1) is 12.8 Å². The number of carbonyl (C=O) groups excluding carboxylic acids is 1. The number of aryl methyl sites for hydroxylation is 3. The molecule has 0 atom stereocenters. The van der Waals surface area contributed by atoms with Gasteiger partial charge in [0.2, 0.25) is 5.82 Å². The number of nitrogens with one attached hydrogen (secondary N) is 1. The number of amides is 1. The quantitative estimate of drug-likeness (QED) is 0.494. The van der Waals surface area contributed by atoms with E-state index < -0.39 is 0 Å². The summed E-state index contributed by atoms with van der Waals surface area (Å²) in [6, 6.07) is 21.3. The van der Waals surface area contributed by atoms with E-state index in [1.165, 1.54) is 0 Å². The van der Waals surface area contributed by atoms with Gasteiger partial charge >= 0.3 is 0 Å². The largest absolute Gasteiger partial charge is 0.497 e. The lowest BCUT2D eigenvalue weighted by Crippen LogP contribution is -2.14. The molecule has 0 fully saturated rings. The summed E-state index contributed by atoms with van der Waals surface area (Å²) in [5.74, 6) is 1.07. The Morgan fingerprint density at radius 1 is 0.903 bits per heavy atom. The van der Waals surface area contributed by atoms with Crippen molar-refractivity contribution in [2.75, 3.05) is 12.4 Å². The van der Waals surface area contributed by atoms with E-state index in [0.29, 0.717) is 11.5 Å². The molecule has 0 aliphatic rings. The van der Waals surface area contributed by atoms with Gasteiger partial charge in [-0.15, -0.1) is 5.10 Å². The summed E-state index contributed by atoms with van der Waals surface area (Å²) < 4.78 is 6.90. The van der Waals surface area contributed by atoms with Gasteiger partial charge in [0, 0.05) is 11.3 Å². The monoisotopic (exact) mass is 412 g/mol. The first-order valence-corrected chi connectivity index (χ1v) is 10.0. The second-order valence-corrected chi connectivity index (χ2v) is 7.51. The molecule has 1 amide bonds. The first kappa shape index (κ1) is 20.3. The van der Waals surface area contributed by atoms with Crippen molar-refractivity contribution in [1.29, 1.82) is 0 Å². The van der Waals surface area contributed by atoms with E-state index in [-0.39, 0.29) is 11.7 Å². The first-order valence-electron chi connectivity index (χ1n) is 10.0. The third-order valence-corrected chi connectivity index (χ3v) is 5.05. The van der Waals surface area contributed by atoms with Crippen LogP contribution in [0.5, 0.6) is 5.75 Å². The van der Waals surface area contributed by atoms with Gasteiger partial charge in [0.15, 0.2) is 5.82 Å². The maximum atomic E-state index is 12.9. The van der Waals surface area contributed by atoms with Crippen LogP contribution in [0.1, 0.15) is 27.3 Å². The van der Waals surface area contributed by atoms with Gasteiger partial charge in [-0.05, 0) is 56.7 Å². The number of nitrogens with zero attached hydrogens (tertiary/aromatic N) is 3. The Balaban J connectivity index is 1.74. The van der Waals surface area contributed by atoms with E-state index in [4.69, 9.17) is 4.74 Å². The molecule has 0 saturated heterocycles. The van der Waals surface area contributed by atoms with Crippen LogP contribution in [-0.4, -0.2) is 27.8 Å². The number of rotatable bonds is 5. The molecular formula is C25H24N4O2. The zero-order valence-electron chi connectivity index (χ0n) is 18.0. The molecule has 4 rings (SSSR count). The number of hydrogen-bond acceptors (Lipinski definition) is 4. The fraction of sp³-hybridized carbons (Fsp3) is 0.160. The Morgan fingerprint density at radius 2 is 1.58 bits per heavy atom. The normalized spacial score (nSPS) is 10.7. The number of benzene rings is 3. The summed E-state index contributed by atoms with van der Waals surface area (Å²) in [7, 11) is 1.60. The molecule has 0 radical (unpaired) electrons. The molecule has 1 N–H and O–H groups in total. The second kappa shape index (κ2) is 8.44. The minimum atomic E-state index is -0.373. The molecule has 0 saturated carbocycles. The van der Waals surface area contributed by atoms with Crippen molar-refractivity contribution in [2.45, 2.75) is 20.8 Å². The van der Waals surface area contributed by atoms with E-state index in [1.54, 1.807) is 36.1 Å². The molecule has 31 heavy (non-hydrogen) atoms. The molecule has 3 aromatic carbocycles. The fourth-order valence-electron chi connectivity index (χ4n) is 3.37. The summed E-state index contributed by atoms with van der Waals surface area (Å²) in [6.07, 6.45) is 0. The lowest BCUT2D eigenvalue weighted by Gasteiger charge is -2.10. The number of anilines is 1. The van der Waals surface area contributed by atoms with Crippen molar-refractivity contribution in [3.63, 3.8) is 0 Å². The highest BCUT2D eigenvalue weighted by Crippen LogP contribution is 2.25. The Kier molecular flexibility index (Phi) is 5.54. The van der Waals surface area contributed by atoms with Crippen LogP contribution in [0, 0.1) is 20.8 Å². The van der Waals surface area contributed by atoms with Crippen molar-refractivity contribution < 1.29 is 9.53 Å². The highest BCUT2D eigenvalue weighted by atomic mass is 16.5. The average Bonchev–Trinajstić information content (AvgIpc) is 3.20. The number of methoxy groups -OCH3 is 1. The Bertz CT molecular complexity index is 1230. The third-order valence-electron chi connectivity index (χ3n) is 5.05. The molecule has 0 aliphatic carbocycles. The van der Waals surface area contributed by atoms with Crippen LogP contribution < -0.4 is 10.1 Å². The zero-order valence-corrected chi connectivity index (χ0v) is 18.0. The molecule has 0 bridgehead atoms. The van der Waals surface area contributed by atoms with Gasteiger partial charge in [-0.3, -0.25) is 4.79 Å². The molecular weight excluding hydrogens is 388 g/mol. The number of hydrogen-bond donors (Lipinski definition) is 1. The number of carbonyl (C=O) groups is 1. The zero-order chi connectivity index (χ0) is 22.0. The number of aromatic nitrogens is 3. The van der Waals surface area contributed by atoms with Crippen molar-refractivity contribution in [3.05, 3.63) is 89.2 Å². The van der Waals surface area contributed by atoms with Crippen LogP contribution in [0.25, 0.3) is 17.1 Å². The van der Waals surface area contributed by atoms with Crippen molar-refractivity contribution in [1.82, 2.24) is 14.8 Å². The summed E-state index contributed by atoms with van der Waals surface area (Å²) in [6.45, 7) is 6.11. The van der Waals surface area contributed by atoms with Crippen LogP contribution in [0.3, 0.4) is 0 Å². The minimum Gasteiger partial charge on any atom is -0.497 e. The molecule has 0 spiro atoms. The Labute approximate surface area is 181 Å². The van der Waals surface area contributed by atoms with E-state index in [2.05, 4.69) is 21.5 Å². The smallest absolute Gasteiger partial charge is 0.295 e. The van der Waals surface area contributed by atoms with Gasteiger partial charge in [-0.2, -0.15) is 0 Å². The molecule has 1 aromatic heterocycles. The summed E-state index contributed by atoms with van der Waals surface area (Å²) >= 11 is 0. The minimum absolute atomic E-state index is 0.103. The molecule has 156 valence electrons. The van der Waals surface area contributed by atoms with E-state index in [9.17, 15) is 4.79 Å². The maximum absolute atomic E-state index is 12.9. The summed E-state index contributed by atoms with van der Waals surface area (Å²) in [5.41, 5.74) is 5.79.